The molecule has 11 heteroatoms. The summed E-state index contributed by atoms with van der Waals surface area (Å²) < 4.78 is 34.2. The van der Waals surface area contributed by atoms with Gasteiger partial charge in [0.2, 0.25) is 0 Å². The van der Waals surface area contributed by atoms with Crippen LogP contribution in [0.25, 0.3) is 10.6 Å². The number of thiophene rings is 1. The lowest BCUT2D eigenvalue weighted by Crippen LogP contribution is -2.14. The van der Waals surface area contributed by atoms with E-state index in [-0.39, 0.29) is 16.4 Å². The maximum atomic E-state index is 12.6. The minimum absolute atomic E-state index is 0.101. The van der Waals surface area contributed by atoms with Gasteiger partial charge in [0.25, 0.3) is 10.0 Å². The zero-order valence-corrected chi connectivity index (χ0v) is 14.9. The third-order valence-corrected chi connectivity index (χ3v) is 6.37. The molecule has 0 radical (unpaired) electrons. The number of nitrogens with one attached hydrogen (secondary N) is 1. The monoisotopic (exact) mass is 382 g/mol. The van der Waals surface area contributed by atoms with E-state index in [1.807, 2.05) is 0 Å². The van der Waals surface area contributed by atoms with Crippen molar-refractivity contribution in [3.05, 3.63) is 36.1 Å². The number of aliphatic carboxylic acids is 1. The molecule has 0 amide bonds. The van der Waals surface area contributed by atoms with E-state index < -0.39 is 16.0 Å². The number of nitrogens with zero attached hydrogens (tertiary/aromatic N) is 3. The molecule has 0 aliphatic rings. The van der Waals surface area contributed by atoms with Gasteiger partial charge in [-0.15, -0.1) is 11.3 Å². The lowest BCUT2D eigenvalue weighted by molar-refractivity contribution is -0.137. The first-order valence-electron chi connectivity index (χ1n) is 7.05. The van der Waals surface area contributed by atoms with Crippen molar-refractivity contribution in [3.8, 4) is 10.6 Å². The maximum Gasteiger partial charge on any atom is 0.325 e. The van der Waals surface area contributed by atoms with Crippen molar-refractivity contribution in [1.82, 2.24) is 14.8 Å². The van der Waals surface area contributed by atoms with E-state index in [9.17, 15) is 13.2 Å². The molecule has 0 saturated heterocycles. The van der Waals surface area contributed by atoms with Gasteiger partial charge in [-0.3, -0.25) is 14.2 Å². The van der Waals surface area contributed by atoms with Crippen molar-refractivity contribution in [2.45, 2.75) is 24.6 Å². The van der Waals surface area contributed by atoms with E-state index in [2.05, 4.69) is 14.8 Å². The second-order valence-corrected chi connectivity index (χ2v) is 8.18. The molecular weight excluding hydrogens is 368 g/mol. The molecule has 0 spiro atoms. The first-order chi connectivity index (χ1) is 11.8. The van der Waals surface area contributed by atoms with Gasteiger partial charge in [-0.05, 0) is 26.0 Å². The number of carbonyl (C=O) groups is 1. The van der Waals surface area contributed by atoms with Crippen molar-refractivity contribution in [3.63, 3.8) is 0 Å². The normalized spacial score (nSPS) is 11.6. The number of carboxylic acid groups (broad SMARTS) is 1. The van der Waals surface area contributed by atoms with Crippen molar-refractivity contribution in [1.29, 1.82) is 0 Å². The molecule has 0 aliphatic heterocycles. The quantitative estimate of drug-likeness (QED) is 0.668. The Morgan fingerprint density at radius 1 is 1.40 bits per heavy atom. The molecule has 0 fully saturated rings. The summed E-state index contributed by atoms with van der Waals surface area (Å²) in [7, 11) is -3.84. The Balaban J connectivity index is 1.90. The van der Waals surface area contributed by atoms with E-state index in [4.69, 9.17) is 9.52 Å². The minimum atomic E-state index is -3.84. The van der Waals surface area contributed by atoms with Crippen molar-refractivity contribution < 1.29 is 22.7 Å². The Morgan fingerprint density at radius 2 is 2.16 bits per heavy atom. The first-order valence-corrected chi connectivity index (χ1v) is 9.35. The van der Waals surface area contributed by atoms with Crippen molar-refractivity contribution in [2.75, 3.05) is 4.72 Å². The fraction of sp³-hybridized carbons (Fsp3) is 0.214. The highest BCUT2D eigenvalue weighted by molar-refractivity contribution is 7.94. The number of carboxylic acids is 1. The highest BCUT2D eigenvalue weighted by atomic mass is 32.2. The summed E-state index contributed by atoms with van der Waals surface area (Å²) in [6.45, 7) is 2.87. The maximum absolute atomic E-state index is 12.6. The van der Waals surface area contributed by atoms with Crippen LogP contribution >= 0.6 is 11.3 Å². The van der Waals surface area contributed by atoms with Gasteiger partial charge in [0.15, 0.2) is 12.2 Å². The minimum Gasteiger partial charge on any atom is -0.480 e. The third kappa shape index (κ3) is 3.42. The number of hydrogen-bond donors (Lipinski definition) is 2. The van der Waals surface area contributed by atoms with Gasteiger partial charge in [-0.2, -0.15) is 5.10 Å². The molecule has 0 aliphatic carbocycles. The summed E-state index contributed by atoms with van der Waals surface area (Å²) in [4.78, 5) is 15.3. The van der Waals surface area contributed by atoms with Crippen LogP contribution in [-0.2, 0) is 21.4 Å². The van der Waals surface area contributed by atoms with Gasteiger partial charge in [0, 0.05) is 0 Å². The summed E-state index contributed by atoms with van der Waals surface area (Å²) >= 11 is 1.04. The Kier molecular flexibility index (Phi) is 4.35. The zero-order chi connectivity index (χ0) is 18.2. The summed E-state index contributed by atoms with van der Waals surface area (Å²) in [6, 6.07) is 3.10. The summed E-state index contributed by atoms with van der Waals surface area (Å²) in [5, 5.41) is 12.9. The number of oxazole rings is 1. The summed E-state index contributed by atoms with van der Waals surface area (Å²) in [5.41, 5.74) is 1.10. The van der Waals surface area contributed by atoms with Gasteiger partial charge in [0.05, 0.1) is 28.1 Å². The molecule has 0 aromatic carbocycles. The number of aromatic nitrogens is 3. The van der Waals surface area contributed by atoms with E-state index in [0.29, 0.717) is 22.0 Å². The van der Waals surface area contributed by atoms with Crippen LogP contribution in [0.5, 0.6) is 0 Å². The molecule has 3 rings (SSSR count). The van der Waals surface area contributed by atoms with Crippen LogP contribution < -0.4 is 4.72 Å². The molecule has 0 saturated carbocycles. The average Bonchev–Trinajstić information content (AvgIpc) is 3.24. The highest BCUT2D eigenvalue weighted by Crippen LogP contribution is 2.32. The molecule has 2 N–H and O–H groups in total. The predicted octanol–water partition coefficient (Wildman–Crippen LogP) is 2.10. The molecule has 0 bridgehead atoms. The van der Waals surface area contributed by atoms with Crippen molar-refractivity contribution in [2.24, 2.45) is 0 Å². The van der Waals surface area contributed by atoms with E-state index in [1.165, 1.54) is 23.3 Å². The molecule has 3 heterocycles. The van der Waals surface area contributed by atoms with Crippen molar-refractivity contribution >= 4 is 33.0 Å². The van der Waals surface area contributed by atoms with Crippen LogP contribution in [0, 0.1) is 13.8 Å². The van der Waals surface area contributed by atoms with Gasteiger partial charge in [0.1, 0.15) is 10.8 Å². The van der Waals surface area contributed by atoms with Gasteiger partial charge in [-0.25, -0.2) is 13.4 Å². The van der Waals surface area contributed by atoms with Gasteiger partial charge < -0.3 is 9.52 Å². The standard InChI is InChI=1S/C14H14N4O5S2/c1-8-14(9(2)18(16-8)6-12(19)20)17-25(21,22)13-4-3-11(24-13)10-5-15-7-23-10/h3-5,7,17H,6H2,1-2H3,(H,19,20). The van der Waals surface area contributed by atoms with Crippen LogP contribution in [0.15, 0.2) is 33.3 Å². The van der Waals surface area contributed by atoms with E-state index in [1.54, 1.807) is 19.9 Å². The SMILES string of the molecule is Cc1nn(CC(=O)O)c(C)c1NS(=O)(=O)c1ccc(-c2cnco2)s1. The first kappa shape index (κ1) is 17.2. The molecule has 25 heavy (non-hydrogen) atoms. The molecule has 0 unspecified atom stereocenters. The Labute approximate surface area is 147 Å². The van der Waals surface area contributed by atoms with Crippen LogP contribution in [-0.4, -0.2) is 34.3 Å². The largest absolute Gasteiger partial charge is 0.480 e. The third-order valence-electron chi connectivity index (χ3n) is 3.42. The summed E-state index contributed by atoms with van der Waals surface area (Å²) in [6.07, 6.45) is 2.77. The average molecular weight is 382 g/mol. The second kappa shape index (κ2) is 6.33. The molecule has 3 aromatic rings. The molecule has 3 aromatic heterocycles. The zero-order valence-electron chi connectivity index (χ0n) is 13.3. The molecule has 0 atom stereocenters. The van der Waals surface area contributed by atoms with Crippen LogP contribution in [0.3, 0.4) is 0 Å². The fourth-order valence-electron chi connectivity index (χ4n) is 2.25. The topological polar surface area (TPSA) is 127 Å². The number of aryl methyl sites for hydroxylation is 1. The Hall–Kier alpha value is -2.66. The highest BCUT2D eigenvalue weighted by Gasteiger charge is 2.23. The van der Waals surface area contributed by atoms with Crippen LogP contribution in [0.4, 0.5) is 5.69 Å². The van der Waals surface area contributed by atoms with Gasteiger partial charge >= 0.3 is 5.97 Å². The molecular formula is C14H14N4O5S2. The van der Waals surface area contributed by atoms with Crippen LogP contribution in [0.2, 0.25) is 0 Å². The molecule has 9 nitrogen and oxygen atoms in total. The molecule has 132 valence electrons. The lowest BCUT2D eigenvalue weighted by atomic mass is 10.3. The van der Waals surface area contributed by atoms with Crippen LogP contribution in [0.1, 0.15) is 11.4 Å². The number of rotatable bonds is 6. The number of hydrogen-bond acceptors (Lipinski definition) is 7. The second-order valence-electron chi connectivity index (χ2n) is 5.19. The Morgan fingerprint density at radius 3 is 2.80 bits per heavy atom. The lowest BCUT2D eigenvalue weighted by Gasteiger charge is -2.07. The fourth-order valence-corrected chi connectivity index (χ4v) is 4.68. The Bertz CT molecular complexity index is 1020. The predicted molar refractivity (Wildman–Crippen MR) is 90.0 cm³/mol. The van der Waals surface area contributed by atoms with Gasteiger partial charge in [-0.1, -0.05) is 0 Å². The number of sulfonamides is 1. The summed E-state index contributed by atoms with van der Waals surface area (Å²) in [5.74, 6) is -0.581. The smallest absolute Gasteiger partial charge is 0.325 e. The number of anilines is 1. The van der Waals surface area contributed by atoms with E-state index >= 15 is 0 Å². The van der Waals surface area contributed by atoms with E-state index in [0.717, 1.165) is 11.3 Å².